The van der Waals surface area contributed by atoms with Crippen molar-refractivity contribution in [2.75, 3.05) is 18.9 Å². The molecule has 0 saturated heterocycles. The maximum atomic E-state index is 11.8. The van der Waals surface area contributed by atoms with Crippen LogP contribution in [0.25, 0.3) is 0 Å². The minimum atomic E-state index is -1.03. The van der Waals surface area contributed by atoms with Gasteiger partial charge in [0.05, 0.1) is 19.0 Å². The van der Waals surface area contributed by atoms with Gasteiger partial charge in [-0.1, -0.05) is 18.2 Å². The number of rotatable bonds is 6. The first-order chi connectivity index (χ1) is 9.40. The minimum absolute atomic E-state index is 0. The molecule has 3 amide bonds. The molecule has 0 saturated carbocycles. The lowest BCUT2D eigenvalue weighted by molar-refractivity contribution is -0.135. The van der Waals surface area contributed by atoms with Gasteiger partial charge in [0.15, 0.2) is 0 Å². The molecule has 1 aromatic carbocycles. The van der Waals surface area contributed by atoms with Crippen LogP contribution in [0.15, 0.2) is 30.3 Å². The van der Waals surface area contributed by atoms with Crippen molar-refractivity contribution in [1.29, 1.82) is 0 Å². The summed E-state index contributed by atoms with van der Waals surface area (Å²) in [4.78, 5) is 35.4. The molecule has 0 spiro atoms. The Hall–Kier alpha value is -2.12. The molecule has 1 atom stereocenters. The Morgan fingerprint density at radius 1 is 1.24 bits per heavy atom. The average molecular weight is 315 g/mol. The Morgan fingerprint density at radius 2 is 1.81 bits per heavy atom. The number of primary amides is 1. The fourth-order valence-electron chi connectivity index (χ4n) is 1.60. The van der Waals surface area contributed by atoms with Gasteiger partial charge in [-0.05, 0) is 12.1 Å². The summed E-state index contributed by atoms with van der Waals surface area (Å²) in [5.41, 5.74) is 11.1. The lowest BCUT2D eigenvalue weighted by Gasteiger charge is -2.20. The van der Waals surface area contributed by atoms with Crippen LogP contribution < -0.4 is 16.8 Å². The van der Waals surface area contributed by atoms with Crippen molar-refractivity contribution >= 4 is 35.8 Å². The van der Waals surface area contributed by atoms with Crippen molar-refractivity contribution in [1.82, 2.24) is 4.90 Å². The van der Waals surface area contributed by atoms with E-state index >= 15 is 0 Å². The van der Waals surface area contributed by atoms with Gasteiger partial charge in [-0.25, -0.2) is 0 Å². The third kappa shape index (κ3) is 6.73. The van der Waals surface area contributed by atoms with Gasteiger partial charge < -0.3 is 21.7 Å². The number of halogens is 1. The number of hydrogen-bond acceptors (Lipinski definition) is 4. The number of hydrogen-bond donors (Lipinski definition) is 3. The van der Waals surface area contributed by atoms with Crippen LogP contribution in [0.1, 0.15) is 6.42 Å². The third-order valence-electron chi connectivity index (χ3n) is 2.55. The number of nitrogens with one attached hydrogen (secondary N) is 1. The summed E-state index contributed by atoms with van der Waals surface area (Å²) in [6.45, 7) is -0.153. The van der Waals surface area contributed by atoms with Gasteiger partial charge in [0.1, 0.15) is 0 Å². The summed E-state index contributed by atoms with van der Waals surface area (Å²) in [6.07, 6.45) is -0.247. The average Bonchev–Trinajstić information content (AvgIpc) is 2.37. The number of carbonyl (C=O) groups excluding carboxylic acids is 3. The Bertz CT molecular complexity index is 495. The van der Waals surface area contributed by atoms with Crippen molar-refractivity contribution in [3.63, 3.8) is 0 Å². The molecular formula is C13H19ClN4O3. The van der Waals surface area contributed by atoms with Crippen LogP contribution in [0.5, 0.6) is 0 Å². The third-order valence-corrected chi connectivity index (χ3v) is 2.55. The molecule has 0 aromatic heterocycles. The number of amides is 3. The quantitative estimate of drug-likeness (QED) is 0.668. The van der Waals surface area contributed by atoms with Crippen LogP contribution in [0, 0.1) is 0 Å². The smallest absolute Gasteiger partial charge is 0.243 e. The predicted molar refractivity (Wildman–Crippen MR) is 81.7 cm³/mol. The number of benzene rings is 1. The largest absolute Gasteiger partial charge is 0.370 e. The van der Waals surface area contributed by atoms with Gasteiger partial charge >= 0.3 is 0 Å². The molecule has 1 aromatic rings. The molecule has 116 valence electrons. The Kier molecular flexibility index (Phi) is 8.03. The highest BCUT2D eigenvalue weighted by Crippen LogP contribution is 2.05. The Morgan fingerprint density at radius 3 is 2.33 bits per heavy atom. The van der Waals surface area contributed by atoms with Crippen molar-refractivity contribution in [3.05, 3.63) is 30.3 Å². The molecule has 5 N–H and O–H groups in total. The molecule has 7 nitrogen and oxygen atoms in total. The van der Waals surface area contributed by atoms with Crippen LogP contribution in [-0.4, -0.2) is 42.3 Å². The van der Waals surface area contributed by atoms with E-state index in [1.165, 1.54) is 7.05 Å². The normalized spacial score (nSPS) is 11.0. The fraction of sp³-hybridized carbons (Fsp3) is 0.308. The van der Waals surface area contributed by atoms with Crippen LogP contribution in [-0.2, 0) is 14.4 Å². The Labute approximate surface area is 129 Å². The van der Waals surface area contributed by atoms with E-state index in [-0.39, 0.29) is 31.3 Å². The zero-order chi connectivity index (χ0) is 15.1. The second kappa shape index (κ2) is 8.93. The second-order valence-corrected chi connectivity index (χ2v) is 4.39. The topological polar surface area (TPSA) is 119 Å². The summed E-state index contributed by atoms with van der Waals surface area (Å²) in [5.74, 6) is -1.52. The monoisotopic (exact) mass is 314 g/mol. The molecule has 0 aliphatic heterocycles. The molecule has 8 heteroatoms. The second-order valence-electron chi connectivity index (χ2n) is 4.39. The van der Waals surface area contributed by atoms with Crippen LogP contribution >= 0.6 is 12.4 Å². The standard InChI is InChI=1S/C13H18N4O3.ClH/c1-17(13(20)10(14)7-11(15)18)8-12(19)16-9-5-3-2-4-6-9;/h2-6,10H,7-8,14H2,1H3,(H2,15,18)(H,16,19);1H. The zero-order valence-corrected chi connectivity index (χ0v) is 12.4. The molecular weight excluding hydrogens is 296 g/mol. The van der Waals surface area contributed by atoms with E-state index in [1.807, 2.05) is 6.07 Å². The molecule has 21 heavy (non-hydrogen) atoms. The molecule has 0 aliphatic rings. The summed E-state index contributed by atoms with van der Waals surface area (Å²) in [6, 6.07) is 7.84. The van der Waals surface area contributed by atoms with Crippen molar-refractivity contribution in [2.24, 2.45) is 11.5 Å². The van der Waals surface area contributed by atoms with E-state index in [0.717, 1.165) is 4.90 Å². The molecule has 0 aliphatic carbocycles. The van der Waals surface area contributed by atoms with Gasteiger partial charge in [0.2, 0.25) is 17.7 Å². The Balaban J connectivity index is 0.00000400. The molecule has 0 fully saturated rings. The van der Waals surface area contributed by atoms with Gasteiger partial charge in [-0.2, -0.15) is 0 Å². The summed E-state index contributed by atoms with van der Waals surface area (Å²) in [5, 5.41) is 2.64. The number of carbonyl (C=O) groups is 3. The van der Waals surface area contributed by atoms with E-state index in [4.69, 9.17) is 11.5 Å². The maximum absolute atomic E-state index is 11.8. The van der Waals surface area contributed by atoms with Crippen LogP contribution in [0.4, 0.5) is 5.69 Å². The number of anilines is 1. The van der Waals surface area contributed by atoms with Crippen molar-refractivity contribution in [3.8, 4) is 0 Å². The summed E-state index contributed by atoms with van der Waals surface area (Å²) < 4.78 is 0. The highest BCUT2D eigenvalue weighted by molar-refractivity contribution is 5.95. The first kappa shape index (κ1) is 18.9. The van der Waals surface area contributed by atoms with Crippen molar-refractivity contribution in [2.45, 2.75) is 12.5 Å². The molecule has 0 bridgehead atoms. The van der Waals surface area contributed by atoms with E-state index < -0.39 is 17.9 Å². The first-order valence-corrected chi connectivity index (χ1v) is 6.04. The van der Waals surface area contributed by atoms with E-state index in [9.17, 15) is 14.4 Å². The molecule has 1 unspecified atom stereocenters. The predicted octanol–water partition coefficient (Wildman–Crippen LogP) is -0.292. The lowest BCUT2D eigenvalue weighted by atomic mass is 10.2. The number of nitrogens with two attached hydrogens (primary N) is 2. The first-order valence-electron chi connectivity index (χ1n) is 6.04. The van der Waals surface area contributed by atoms with E-state index in [2.05, 4.69) is 5.32 Å². The van der Waals surface area contributed by atoms with Crippen LogP contribution in [0.2, 0.25) is 0 Å². The summed E-state index contributed by atoms with van der Waals surface area (Å²) in [7, 11) is 1.44. The zero-order valence-electron chi connectivity index (χ0n) is 11.6. The van der Waals surface area contributed by atoms with Gasteiger partial charge in [-0.3, -0.25) is 14.4 Å². The number of nitrogens with zero attached hydrogens (tertiary/aromatic N) is 1. The lowest BCUT2D eigenvalue weighted by Crippen LogP contribution is -2.46. The van der Waals surface area contributed by atoms with E-state index in [1.54, 1.807) is 24.3 Å². The highest BCUT2D eigenvalue weighted by atomic mass is 35.5. The van der Waals surface area contributed by atoms with Gasteiger partial charge in [0.25, 0.3) is 0 Å². The molecule has 0 radical (unpaired) electrons. The fourth-order valence-corrected chi connectivity index (χ4v) is 1.60. The summed E-state index contributed by atoms with van der Waals surface area (Å²) >= 11 is 0. The molecule has 0 heterocycles. The van der Waals surface area contributed by atoms with E-state index in [0.29, 0.717) is 5.69 Å². The van der Waals surface area contributed by atoms with Gasteiger partial charge in [-0.15, -0.1) is 12.4 Å². The van der Waals surface area contributed by atoms with Crippen LogP contribution in [0.3, 0.4) is 0 Å². The van der Waals surface area contributed by atoms with Gasteiger partial charge in [0, 0.05) is 12.7 Å². The maximum Gasteiger partial charge on any atom is 0.243 e. The number of para-hydroxylation sites is 1. The molecule has 1 rings (SSSR count). The highest BCUT2D eigenvalue weighted by Gasteiger charge is 2.21. The minimum Gasteiger partial charge on any atom is -0.370 e. The van der Waals surface area contributed by atoms with Crippen molar-refractivity contribution < 1.29 is 14.4 Å². The SMILES string of the molecule is CN(CC(=O)Nc1ccccc1)C(=O)C(N)CC(N)=O.Cl. The number of likely N-dealkylation sites (N-methyl/N-ethyl adjacent to an activating group) is 1.